The number of aliphatic hydroxyl groups excluding tert-OH is 1. The molecule has 38 heavy (non-hydrogen) atoms. The lowest BCUT2D eigenvalue weighted by molar-refractivity contribution is -0.127. The van der Waals surface area contributed by atoms with Gasteiger partial charge in [0.25, 0.3) is 0 Å². The summed E-state index contributed by atoms with van der Waals surface area (Å²) in [7, 11) is 0. The second-order valence-electron chi connectivity index (χ2n) is 10.4. The maximum absolute atomic E-state index is 13.4. The Labute approximate surface area is 223 Å². The molecule has 2 aromatic heterocycles. The predicted octanol–water partition coefficient (Wildman–Crippen LogP) is 6.36. The zero-order valence-electron chi connectivity index (χ0n) is 21.5. The third kappa shape index (κ3) is 4.70. The molecule has 0 bridgehead atoms. The Morgan fingerprint density at radius 1 is 0.895 bits per heavy atom. The average Bonchev–Trinajstić information content (AvgIpc) is 3.30. The Balaban J connectivity index is 1.22. The van der Waals surface area contributed by atoms with Gasteiger partial charge in [-0.3, -0.25) is 9.78 Å². The van der Waals surface area contributed by atoms with Gasteiger partial charge in [0.15, 0.2) is 0 Å². The lowest BCUT2D eigenvalue weighted by Gasteiger charge is -2.32. The van der Waals surface area contributed by atoms with Crippen LogP contribution in [0.4, 0.5) is 0 Å². The molecule has 2 heterocycles. The Morgan fingerprint density at radius 3 is 2.45 bits per heavy atom. The molecular weight excluding hydrogens is 470 g/mol. The molecule has 1 amide bonds. The number of amides is 1. The summed E-state index contributed by atoms with van der Waals surface area (Å²) in [5.41, 5.74) is 5.72. The fourth-order valence-corrected chi connectivity index (χ4v) is 6.16. The van der Waals surface area contributed by atoms with Crippen LogP contribution in [-0.2, 0) is 11.3 Å². The van der Waals surface area contributed by atoms with Gasteiger partial charge in [0.05, 0.1) is 24.4 Å². The monoisotopic (exact) mass is 503 g/mol. The summed E-state index contributed by atoms with van der Waals surface area (Å²) in [6.07, 6.45) is 7.87. The first-order valence-corrected chi connectivity index (χ1v) is 13.6. The van der Waals surface area contributed by atoms with Crippen molar-refractivity contribution in [3.8, 4) is 0 Å². The standard InChI is InChI=1S/C33H33N3O2/c37-22-30(25-8-2-1-3-9-25)35-33(38)29-12-5-4-10-26(29)24-16-14-23(15-17-24)21-36-31-13-7-6-11-27(31)28-18-19-34-20-32(28)36/h1-3,6-9,11,13-20,26,29-30,37H,4-5,10,12,21-22H2,(H,35,38)/t26-,29+,30+/m0/s1. The van der Waals surface area contributed by atoms with Crippen molar-refractivity contribution in [2.75, 3.05) is 6.61 Å². The molecule has 1 aliphatic carbocycles. The van der Waals surface area contributed by atoms with E-state index in [9.17, 15) is 9.90 Å². The number of hydrogen-bond acceptors (Lipinski definition) is 3. The van der Waals surface area contributed by atoms with Crippen molar-refractivity contribution in [1.29, 1.82) is 0 Å². The summed E-state index contributed by atoms with van der Waals surface area (Å²) in [5.74, 6) is 0.139. The topological polar surface area (TPSA) is 67.2 Å². The first-order valence-electron chi connectivity index (χ1n) is 13.6. The van der Waals surface area contributed by atoms with E-state index in [1.54, 1.807) is 0 Å². The molecule has 0 spiro atoms. The summed E-state index contributed by atoms with van der Waals surface area (Å²) in [6, 6.07) is 28.8. The SMILES string of the molecule is O=C(N[C@H](CO)c1ccccc1)[C@@H]1CCCC[C@H]1c1ccc(Cn2c3ccccc3c3ccncc32)cc1. The first-order chi connectivity index (χ1) is 18.7. The second kappa shape index (κ2) is 10.8. The van der Waals surface area contributed by atoms with Gasteiger partial charge in [0, 0.05) is 34.9 Å². The van der Waals surface area contributed by atoms with Gasteiger partial charge in [-0.15, -0.1) is 0 Å². The van der Waals surface area contributed by atoms with Crippen LogP contribution in [0.5, 0.6) is 0 Å². The molecule has 5 nitrogen and oxygen atoms in total. The third-order valence-electron chi connectivity index (χ3n) is 8.13. The number of aromatic nitrogens is 2. The van der Waals surface area contributed by atoms with Crippen molar-refractivity contribution in [1.82, 2.24) is 14.9 Å². The Bertz CT molecular complexity index is 1490. The smallest absolute Gasteiger partial charge is 0.224 e. The highest BCUT2D eigenvalue weighted by atomic mass is 16.3. The van der Waals surface area contributed by atoms with Gasteiger partial charge in [-0.05, 0) is 47.6 Å². The van der Waals surface area contributed by atoms with Crippen molar-refractivity contribution in [3.05, 3.63) is 114 Å². The number of aliphatic hydroxyl groups is 1. The minimum absolute atomic E-state index is 0.0412. The molecule has 0 saturated heterocycles. The lowest BCUT2D eigenvalue weighted by Crippen LogP contribution is -2.39. The maximum atomic E-state index is 13.4. The summed E-state index contributed by atoms with van der Waals surface area (Å²) in [5, 5.41) is 15.6. The van der Waals surface area contributed by atoms with Gasteiger partial charge in [-0.25, -0.2) is 0 Å². The van der Waals surface area contributed by atoms with Crippen LogP contribution in [0.25, 0.3) is 21.8 Å². The van der Waals surface area contributed by atoms with Crippen LogP contribution >= 0.6 is 0 Å². The van der Waals surface area contributed by atoms with Gasteiger partial charge in [0.1, 0.15) is 0 Å². The molecule has 1 aliphatic rings. The van der Waals surface area contributed by atoms with E-state index in [0.29, 0.717) is 0 Å². The van der Waals surface area contributed by atoms with E-state index in [1.807, 2.05) is 42.7 Å². The van der Waals surface area contributed by atoms with Gasteiger partial charge in [-0.2, -0.15) is 0 Å². The highest BCUT2D eigenvalue weighted by molar-refractivity contribution is 6.07. The molecular formula is C33H33N3O2. The van der Waals surface area contributed by atoms with E-state index in [2.05, 4.69) is 69.5 Å². The Morgan fingerprint density at radius 2 is 1.63 bits per heavy atom. The van der Waals surface area contributed by atoms with E-state index in [1.165, 1.54) is 27.4 Å². The first kappa shape index (κ1) is 24.4. The molecule has 1 saturated carbocycles. The average molecular weight is 504 g/mol. The molecule has 0 unspecified atom stereocenters. The number of rotatable bonds is 7. The van der Waals surface area contributed by atoms with Crippen LogP contribution in [0.3, 0.4) is 0 Å². The number of nitrogens with one attached hydrogen (secondary N) is 1. The zero-order valence-corrected chi connectivity index (χ0v) is 21.5. The highest BCUT2D eigenvalue weighted by Crippen LogP contribution is 2.38. The number of fused-ring (bicyclic) bond motifs is 3. The minimum atomic E-state index is -0.380. The number of benzene rings is 3. The summed E-state index contributed by atoms with van der Waals surface area (Å²) in [6.45, 7) is 0.653. The van der Waals surface area contributed by atoms with Gasteiger partial charge in [-0.1, -0.05) is 85.6 Å². The molecule has 5 heteroatoms. The number of carbonyl (C=O) groups excluding carboxylic acids is 1. The van der Waals surface area contributed by atoms with Gasteiger partial charge < -0.3 is 15.0 Å². The van der Waals surface area contributed by atoms with Crippen LogP contribution in [0.1, 0.15) is 54.3 Å². The van der Waals surface area contributed by atoms with E-state index in [0.717, 1.165) is 43.3 Å². The number of pyridine rings is 1. The minimum Gasteiger partial charge on any atom is -0.394 e. The van der Waals surface area contributed by atoms with Crippen molar-refractivity contribution < 1.29 is 9.90 Å². The molecule has 0 aliphatic heterocycles. The fraction of sp³-hybridized carbons (Fsp3) is 0.273. The normalized spacial score (nSPS) is 18.4. The van der Waals surface area contributed by atoms with Crippen LogP contribution in [0.15, 0.2) is 97.3 Å². The van der Waals surface area contributed by atoms with Gasteiger partial charge >= 0.3 is 0 Å². The molecule has 2 N–H and O–H groups in total. The largest absolute Gasteiger partial charge is 0.394 e. The summed E-state index contributed by atoms with van der Waals surface area (Å²) in [4.78, 5) is 17.8. The number of carbonyl (C=O) groups is 1. The molecule has 5 aromatic rings. The van der Waals surface area contributed by atoms with Gasteiger partial charge in [0.2, 0.25) is 5.91 Å². The molecule has 0 radical (unpaired) electrons. The lowest BCUT2D eigenvalue weighted by atomic mass is 9.74. The van der Waals surface area contributed by atoms with Crippen LogP contribution in [0, 0.1) is 5.92 Å². The molecule has 6 rings (SSSR count). The Kier molecular flexibility index (Phi) is 6.93. The van der Waals surface area contributed by atoms with Crippen LogP contribution < -0.4 is 5.32 Å². The van der Waals surface area contributed by atoms with Crippen molar-refractivity contribution in [2.24, 2.45) is 5.92 Å². The number of para-hydroxylation sites is 1. The number of nitrogens with zero attached hydrogens (tertiary/aromatic N) is 2. The van der Waals surface area contributed by atoms with Crippen LogP contribution in [0.2, 0.25) is 0 Å². The van der Waals surface area contributed by atoms with Crippen molar-refractivity contribution in [2.45, 2.75) is 44.2 Å². The molecule has 1 fully saturated rings. The third-order valence-corrected chi connectivity index (χ3v) is 8.13. The maximum Gasteiger partial charge on any atom is 0.224 e. The van der Waals surface area contributed by atoms with Crippen molar-refractivity contribution >= 4 is 27.7 Å². The summed E-state index contributed by atoms with van der Waals surface area (Å²) < 4.78 is 2.34. The molecule has 3 aromatic carbocycles. The zero-order chi connectivity index (χ0) is 25.9. The van der Waals surface area contributed by atoms with E-state index < -0.39 is 0 Å². The second-order valence-corrected chi connectivity index (χ2v) is 10.4. The fourth-order valence-electron chi connectivity index (χ4n) is 6.16. The molecule has 3 atom stereocenters. The Hall–Kier alpha value is -3.96. The van der Waals surface area contributed by atoms with Crippen molar-refractivity contribution in [3.63, 3.8) is 0 Å². The van der Waals surface area contributed by atoms with E-state index in [-0.39, 0.29) is 30.4 Å². The molecule has 192 valence electrons. The number of hydrogen-bond donors (Lipinski definition) is 2. The van der Waals surface area contributed by atoms with E-state index >= 15 is 0 Å². The van der Waals surface area contributed by atoms with E-state index in [4.69, 9.17) is 0 Å². The predicted molar refractivity (Wildman–Crippen MR) is 152 cm³/mol. The van der Waals surface area contributed by atoms with Crippen LogP contribution in [-0.4, -0.2) is 27.2 Å². The summed E-state index contributed by atoms with van der Waals surface area (Å²) >= 11 is 0. The quantitative estimate of drug-likeness (QED) is 0.272. The highest BCUT2D eigenvalue weighted by Gasteiger charge is 2.33.